The van der Waals surface area contributed by atoms with Crippen LogP contribution in [0.3, 0.4) is 0 Å². The first-order valence-electron chi connectivity index (χ1n) is 12.5. The quantitative estimate of drug-likeness (QED) is 0.385. The molecule has 0 spiro atoms. The van der Waals surface area contributed by atoms with E-state index in [1.54, 1.807) is 29.3 Å². The Morgan fingerprint density at radius 3 is 2.23 bits per heavy atom. The van der Waals surface area contributed by atoms with E-state index in [1.165, 1.54) is 36.1 Å². The maximum atomic E-state index is 13.8. The molecule has 0 radical (unpaired) electrons. The third-order valence-electron chi connectivity index (χ3n) is 8.13. The molecule has 1 aromatic heterocycles. The minimum atomic E-state index is -0.315. The molecule has 6 rings (SSSR count). The molecule has 0 unspecified atom stereocenters. The molecule has 2 amide bonds. The number of imide groups is 1. The van der Waals surface area contributed by atoms with Crippen molar-refractivity contribution in [1.82, 2.24) is 9.13 Å². The fourth-order valence-corrected chi connectivity index (χ4v) is 6.13. The van der Waals surface area contributed by atoms with Crippen molar-refractivity contribution in [3.8, 4) is 0 Å². The zero-order chi connectivity index (χ0) is 24.4. The summed E-state index contributed by atoms with van der Waals surface area (Å²) >= 11 is 0. The van der Waals surface area contributed by atoms with Crippen LogP contribution in [-0.4, -0.2) is 20.9 Å². The van der Waals surface area contributed by atoms with E-state index < -0.39 is 0 Å². The molecule has 1 aliphatic heterocycles. The van der Waals surface area contributed by atoms with Crippen LogP contribution >= 0.6 is 0 Å². The molecular formula is C29H29N3O3. The van der Waals surface area contributed by atoms with Crippen molar-refractivity contribution in [1.29, 1.82) is 0 Å². The smallest absolute Gasteiger partial charge is 0.295 e. The second-order valence-corrected chi connectivity index (χ2v) is 10.2. The molecule has 2 heterocycles. The molecule has 0 atom stereocenters. The Balaban J connectivity index is 1.46. The minimum Gasteiger partial charge on any atom is -0.295 e. The number of carbonyl (C=O) groups is 2. The van der Waals surface area contributed by atoms with E-state index in [1.807, 2.05) is 37.3 Å². The molecule has 1 fully saturated rings. The lowest BCUT2D eigenvalue weighted by Gasteiger charge is -2.29. The van der Waals surface area contributed by atoms with Gasteiger partial charge in [0.15, 0.2) is 0 Å². The summed E-state index contributed by atoms with van der Waals surface area (Å²) in [5, 5.41) is 1.78. The van der Waals surface area contributed by atoms with Gasteiger partial charge in [0.1, 0.15) is 0 Å². The van der Waals surface area contributed by atoms with Gasteiger partial charge in [0.25, 0.3) is 11.8 Å². The van der Waals surface area contributed by atoms with Crippen molar-refractivity contribution in [2.24, 2.45) is 20.0 Å². The summed E-state index contributed by atoms with van der Waals surface area (Å²) in [7, 11) is 3.43. The average molecular weight is 468 g/mol. The fraction of sp³-hybridized carbons (Fsp3) is 0.345. The number of nitrogens with zero attached hydrogens (tertiary/aromatic N) is 3. The maximum Gasteiger partial charge on any atom is 0.328 e. The predicted molar refractivity (Wildman–Crippen MR) is 138 cm³/mol. The number of fused-ring (bicyclic) bond motifs is 1. The molecular weight excluding hydrogens is 438 g/mol. The molecule has 2 aliphatic rings. The molecule has 6 nitrogen and oxygen atoms in total. The van der Waals surface area contributed by atoms with Crippen molar-refractivity contribution in [2.45, 2.75) is 45.4 Å². The average Bonchev–Trinajstić information content (AvgIpc) is 3.45. The van der Waals surface area contributed by atoms with Gasteiger partial charge in [0, 0.05) is 30.6 Å². The first kappa shape index (κ1) is 21.8. The molecule has 4 aromatic rings. The van der Waals surface area contributed by atoms with Crippen LogP contribution in [0.1, 0.15) is 63.9 Å². The first-order valence-corrected chi connectivity index (χ1v) is 12.5. The van der Waals surface area contributed by atoms with Crippen LogP contribution in [0.5, 0.6) is 0 Å². The van der Waals surface area contributed by atoms with E-state index in [0.717, 1.165) is 40.6 Å². The van der Waals surface area contributed by atoms with Crippen LogP contribution < -0.4 is 10.6 Å². The summed E-state index contributed by atoms with van der Waals surface area (Å²) in [5.41, 5.74) is 4.92. The maximum absolute atomic E-state index is 13.8. The number of hydrogen-bond acceptors (Lipinski definition) is 3. The summed E-state index contributed by atoms with van der Waals surface area (Å²) in [6, 6.07) is 13.4. The van der Waals surface area contributed by atoms with Crippen molar-refractivity contribution in [2.75, 3.05) is 4.90 Å². The number of rotatable bonds is 4. The van der Waals surface area contributed by atoms with Crippen molar-refractivity contribution in [3.05, 3.63) is 75.2 Å². The van der Waals surface area contributed by atoms with Crippen molar-refractivity contribution < 1.29 is 9.59 Å². The summed E-state index contributed by atoms with van der Waals surface area (Å²) in [6.45, 7) is 1.87. The zero-order valence-corrected chi connectivity index (χ0v) is 20.4. The van der Waals surface area contributed by atoms with E-state index in [4.69, 9.17) is 0 Å². The van der Waals surface area contributed by atoms with E-state index in [0.29, 0.717) is 22.3 Å². The Morgan fingerprint density at radius 1 is 0.857 bits per heavy atom. The van der Waals surface area contributed by atoms with Crippen molar-refractivity contribution >= 4 is 39.3 Å². The number of carbonyl (C=O) groups excluding carboxylic acids is 2. The van der Waals surface area contributed by atoms with Crippen LogP contribution in [0.15, 0.2) is 47.3 Å². The van der Waals surface area contributed by atoms with Gasteiger partial charge in [-0.15, -0.1) is 0 Å². The summed E-state index contributed by atoms with van der Waals surface area (Å²) in [4.78, 5) is 41.3. The molecule has 0 saturated heterocycles. The predicted octanol–water partition coefficient (Wildman–Crippen LogP) is 5.26. The highest BCUT2D eigenvalue weighted by atomic mass is 16.2. The normalized spacial score (nSPS) is 16.3. The van der Waals surface area contributed by atoms with Gasteiger partial charge >= 0.3 is 5.69 Å². The Labute approximate surface area is 203 Å². The third-order valence-corrected chi connectivity index (χ3v) is 8.13. The van der Waals surface area contributed by atoms with Gasteiger partial charge in [-0.2, -0.15) is 0 Å². The lowest BCUT2D eigenvalue weighted by molar-refractivity contribution is 0.0893. The minimum absolute atomic E-state index is 0.145. The molecule has 0 N–H and O–H groups in total. The number of aromatic nitrogens is 2. The van der Waals surface area contributed by atoms with Gasteiger partial charge in [-0.3, -0.25) is 18.7 Å². The summed E-state index contributed by atoms with van der Waals surface area (Å²) < 4.78 is 3.12. The zero-order valence-electron chi connectivity index (χ0n) is 20.4. The van der Waals surface area contributed by atoms with Crippen LogP contribution in [0.25, 0.3) is 21.8 Å². The van der Waals surface area contributed by atoms with Crippen molar-refractivity contribution in [3.63, 3.8) is 0 Å². The lowest BCUT2D eigenvalue weighted by Crippen LogP contribution is -2.41. The lowest BCUT2D eigenvalue weighted by atomic mass is 9.88. The van der Waals surface area contributed by atoms with Gasteiger partial charge in [-0.05, 0) is 66.5 Å². The third kappa shape index (κ3) is 3.19. The fourth-order valence-electron chi connectivity index (χ4n) is 6.13. The highest BCUT2D eigenvalue weighted by Crippen LogP contribution is 2.37. The second-order valence-electron chi connectivity index (χ2n) is 10.2. The van der Waals surface area contributed by atoms with Crippen LogP contribution in [-0.2, 0) is 20.5 Å². The highest BCUT2D eigenvalue weighted by Gasteiger charge is 2.35. The number of amides is 2. The topological polar surface area (TPSA) is 64.3 Å². The number of hydrogen-bond donors (Lipinski definition) is 0. The molecule has 178 valence electrons. The summed E-state index contributed by atoms with van der Waals surface area (Å²) in [6.07, 6.45) is 7.40. The Kier molecular flexibility index (Phi) is 4.95. The van der Waals surface area contributed by atoms with Gasteiger partial charge in [0.05, 0.1) is 16.7 Å². The highest BCUT2D eigenvalue weighted by molar-refractivity contribution is 6.36. The molecule has 1 saturated carbocycles. The number of imidazole rings is 1. The largest absolute Gasteiger partial charge is 0.328 e. The van der Waals surface area contributed by atoms with E-state index in [-0.39, 0.29) is 17.5 Å². The number of anilines is 1. The Bertz CT molecular complexity index is 1580. The van der Waals surface area contributed by atoms with Crippen LogP contribution in [0, 0.1) is 12.8 Å². The molecule has 1 aliphatic carbocycles. The molecule has 0 bridgehead atoms. The standard InChI is InChI=1S/C29H29N3O3/c1-17-15-24-25(31(3)29(35)30(24)2)16-23(17)32-27(33)21-10-6-9-20-19(12-11-18-7-4-5-8-18)13-14-22(26(20)21)28(32)34/h6,9-10,13-16,18H,4-5,7-8,11-12H2,1-3H3. The van der Waals surface area contributed by atoms with Gasteiger partial charge in [0.2, 0.25) is 0 Å². The summed E-state index contributed by atoms with van der Waals surface area (Å²) in [5.74, 6) is 0.153. The Morgan fingerprint density at radius 2 is 1.51 bits per heavy atom. The van der Waals surface area contributed by atoms with Gasteiger partial charge in [-0.25, -0.2) is 9.69 Å². The van der Waals surface area contributed by atoms with Gasteiger partial charge < -0.3 is 0 Å². The van der Waals surface area contributed by atoms with Crippen LogP contribution in [0.2, 0.25) is 0 Å². The van der Waals surface area contributed by atoms with Gasteiger partial charge in [-0.1, -0.05) is 43.9 Å². The SMILES string of the molecule is Cc1cc2c(cc1N1C(=O)c3cccc4c(CCC5CCCC5)ccc(c34)C1=O)n(C)c(=O)n2C. The van der Waals surface area contributed by atoms with E-state index in [2.05, 4.69) is 6.07 Å². The first-order chi connectivity index (χ1) is 16.9. The number of aryl methyl sites for hydroxylation is 4. The molecule has 3 aromatic carbocycles. The second kappa shape index (κ2) is 7.94. The molecule has 35 heavy (non-hydrogen) atoms. The number of benzene rings is 3. The van der Waals surface area contributed by atoms with Crippen LogP contribution in [0.4, 0.5) is 5.69 Å². The molecule has 6 heteroatoms. The van der Waals surface area contributed by atoms with E-state index >= 15 is 0 Å². The monoisotopic (exact) mass is 467 g/mol. The van der Waals surface area contributed by atoms with E-state index in [9.17, 15) is 14.4 Å². The Hall–Kier alpha value is -3.67.